The Morgan fingerprint density at radius 3 is 2.25 bits per heavy atom. The molecule has 0 saturated heterocycles. The van der Waals surface area contributed by atoms with Gasteiger partial charge in [-0.3, -0.25) is 0 Å². The highest BCUT2D eigenvalue weighted by atomic mass is 14.5. The molecule has 0 nitrogen and oxygen atoms in total. The summed E-state index contributed by atoms with van der Waals surface area (Å²) in [5, 5.41) is 0. The number of hydrogen-bond donors (Lipinski definition) is 0. The molecule has 0 spiro atoms. The minimum absolute atomic E-state index is 1.04. The SMILES string of the molecule is CC[C](CC)C1CC2CCC1C2. The fourth-order valence-electron chi connectivity index (χ4n) is 3.52. The zero-order chi connectivity index (χ0) is 8.55. The summed E-state index contributed by atoms with van der Waals surface area (Å²) in [6.45, 7) is 4.68. The van der Waals surface area contributed by atoms with E-state index in [0.29, 0.717) is 0 Å². The van der Waals surface area contributed by atoms with E-state index in [0.717, 1.165) is 17.8 Å². The third kappa shape index (κ3) is 1.30. The van der Waals surface area contributed by atoms with Gasteiger partial charge in [0.05, 0.1) is 0 Å². The normalized spacial score (nSPS) is 39.8. The van der Waals surface area contributed by atoms with Crippen molar-refractivity contribution in [1.29, 1.82) is 0 Å². The van der Waals surface area contributed by atoms with Crippen LogP contribution in [0.15, 0.2) is 0 Å². The van der Waals surface area contributed by atoms with E-state index in [1.807, 2.05) is 5.92 Å². The smallest absolute Gasteiger partial charge is 0.0213 e. The summed E-state index contributed by atoms with van der Waals surface area (Å²) in [5.74, 6) is 5.12. The van der Waals surface area contributed by atoms with E-state index >= 15 is 0 Å². The Balaban J connectivity index is 1.96. The van der Waals surface area contributed by atoms with Crippen LogP contribution in [0.3, 0.4) is 0 Å². The van der Waals surface area contributed by atoms with E-state index in [2.05, 4.69) is 13.8 Å². The molecule has 2 saturated carbocycles. The molecule has 2 fully saturated rings. The van der Waals surface area contributed by atoms with Crippen LogP contribution in [0.5, 0.6) is 0 Å². The summed E-state index contributed by atoms with van der Waals surface area (Å²) < 4.78 is 0. The molecule has 3 atom stereocenters. The lowest BCUT2D eigenvalue weighted by Crippen LogP contribution is -2.18. The molecule has 69 valence electrons. The minimum Gasteiger partial charge on any atom is -0.0648 e. The zero-order valence-corrected chi connectivity index (χ0v) is 8.47. The second-order valence-corrected chi connectivity index (χ2v) is 4.65. The van der Waals surface area contributed by atoms with Gasteiger partial charge in [0, 0.05) is 0 Å². The van der Waals surface area contributed by atoms with Crippen molar-refractivity contribution in [1.82, 2.24) is 0 Å². The van der Waals surface area contributed by atoms with Gasteiger partial charge in [-0.25, -0.2) is 0 Å². The summed E-state index contributed by atoms with van der Waals surface area (Å²) in [4.78, 5) is 0. The van der Waals surface area contributed by atoms with E-state index in [1.165, 1.54) is 12.8 Å². The maximum absolute atomic E-state index is 2.34. The first kappa shape index (κ1) is 8.59. The lowest BCUT2D eigenvalue weighted by molar-refractivity contribution is 0.328. The molecule has 2 rings (SSSR count). The molecule has 0 aromatic carbocycles. The Bertz CT molecular complexity index is 146. The molecular weight excluding hydrogens is 144 g/mol. The predicted molar refractivity (Wildman–Crippen MR) is 52.8 cm³/mol. The van der Waals surface area contributed by atoms with Crippen LogP contribution >= 0.6 is 0 Å². The van der Waals surface area contributed by atoms with Crippen molar-refractivity contribution < 1.29 is 0 Å². The lowest BCUT2D eigenvalue weighted by atomic mass is 9.77. The maximum atomic E-state index is 2.34. The summed E-state index contributed by atoms with van der Waals surface area (Å²) in [5.41, 5.74) is 0. The van der Waals surface area contributed by atoms with Gasteiger partial charge in [0.25, 0.3) is 0 Å². The van der Waals surface area contributed by atoms with Crippen LogP contribution in [-0.4, -0.2) is 0 Å². The standard InChI is InChI=1S/C12H21/c1-3-10(4-2)12-8-9-5-6-11(12)7-9/h9,11-12H,3-8H2,1-2H3. The van der Waals surface area contributed by atoms with Gasteiger partial charge in [-0.1, -0.05) is 20.3 Å². The molecule has 0 aromatic heterocycles. The molecule has 0 heterocycles. The quantitative estimate of drug-likeness (QED) is 0.596. The average Bonchev–Trinajstić information content (AvgIpc) is 2.67. The van der Waals surface area contributed by atoms with Gasteiger partial charge in [-0.15, -0.1) is 0 Å². The molecule has 1 radical (unpaired) electrons. The Morgan fingerprint density at radius 2 is 1.83 bits per heavy atom. The first-order valence-electron chi connectivity index (χ1n) is 5.69. The van der Waals surface area contributed by atoms with Crippen LogP contribution in [0.2, 0.25) is 0 Å². The van der Waals surface area contributed by atoms with Crippen LogP contribution in [0, 0.1) is 23.7 Å². The zero-order valence-electron chi connectivity index (χ0n) is 8.47. The molecule has 12 heavy (non-hydrogen) atoms. The Morgan fingerprint density at radius 1 is 1.08 bits per heavy atom. The van der Waals surface area contributed by atoms with Crippen LogP contribution < -0.4 is 0 Å². The summed E-state index contributed by atoms with van der Waals surface area (Å²) in [6, 6.07) is 0. The van der Waals surface area contributed by atoms with Crippen molar-refractivity contribution >= 4 is 0 Å². The van der Waals surface area contributed by atoms with Gasteiger partial charge < -0.3 is 0 Å². The lowest BCUT2D eigenvalue weighted by Gasteiger charge is -2.28. The van der Waals surface area contributed by atoms with Crippen LogP contribution in [0.4, 0.5) is 0 Å². The molecule has 2 aliphatic carbocycles. The van der Waals surface area contributed by atoms with Crippen molar-refractivity contribution in [3.8, 4) is 0 Å². The molecule has 2 bridgehead atoms. The van der Waals surface area contributed by atoms with E-state index < -0.39 is 0 Å². The van der Waals surface area contributed by atoms with Gasteiger partial charge >= 0.3 is 0 Å². The summed E-state index contributed by atoms with van der Waals surface area (Å²) >= 11 is 0. The minimum atomic E-state index is 1.04. The van der Waals surface area contributed by atoms with Crippen molar-refractivity contribution in [3.05, 3.63) is 5.92 Å². The third-order valence-corrected chi connectivity index (χ3v) is 4.17. The van der Waals surface area contributed by atoms with Crippen LogP contribution in [0.25, 0.3) is 0 Å². The van der Waals surface area contributed by atoms with Crippen LogP contribution in [-0.2, 0) is 0 Å². The van der Waals surface area contributed by atoms with E-state index in [4.69, 9.17) is 0 Å². The van der Waals surface area contributed by atoms with Crippen molar-refractivity contribution in [3.63, 3.8) is 0 Å². The van der Waals surface area contributed by atoms with Gasteiger partial charge in [-0.05, 0) is 55.8 Å². The number of fused-ring (bicyclic) bond motifs is 2. The van der Waals surface area contributed by atoms with E-state index in [1.54, 1.807) is 25.7 Å². The predicted octanol–water partition coefficient (Wildman–Crippen LogP) is 3.82. The Hall–Kier alpha value is 0. The molecule has 2 aliphatic rings. The van der Waals surface area contributed by atoms with Crippen LogP contribution in [0.1, 0.15) is 52.4 Å². The second-order valence-electron chi connectivity index (χ2n) is 4.65. The van der Waals surface area contributed by atoms with E-state index in [9.17, 15) is 0 Å². The fourth-order valence-corrected chi connectivity index (χ4v) is 3.52. The summed E-state index contributed by atoms with van der Waals surface area (Å²) in [6.07, 6.45) is 8.87. The molecule has 0 aliphatic heterocycles. The summed E-state index contributed by atoms with van der Waals surface area (Å²) in [7, 11) is 0. The highest BCUT2D eigenvalue weighted by Crippen LogP contribution is 2.52. The Labute approximate surface area is 76.7 Å². The van der Waals surface area contributed by atoms with E-state index in [-0.39, 0.29) is 0 Å². The number of hydrogen-bond acceptors (Lipinski definition) is 0. The highest BCUT2D eigenvalue weighted by molar-refractivity contribution is 5.04. The molecule has 0 aromatic rings. The number of rotatable bonds is 3. The maximum Gasteiger partial charge on any atom is -0.0213 e. The molecule has 0 heteroatoms. The third-order valence-electron chi connectivity index (χ3n) is 4.17. The monoisotopic (exact) mass is 165 g/mol. The van der Waals surface area contributed by atoms with Gasteiger partial charge in [0.2, 0.25) is 0 Å². The van der Waals surface area contributed by atoms with Gasteiger partial charge in [0.15, 0.2) is 0 Å². The van der Waals surface area contributed by atoms with Gasteiger partial charge in [-0.2, -0.15) is 0 Å². The fraction of sp³-hybridized carbons (Fsp3) is 0.917. The molecule has 3 unspecified atom stereocenters. The Kier molecular flexibility index (Phi) is 2.43. The highest BCUT2D eigenvalue weighted by Gasteiger charge is 2.41. The molecule has 0 amide bonds. The molecular formula is C12H21. The first-order valence-corrected chi connectivity index (χ1v) is 5.69. The van der Waals surface area contributed by atoms with Gasteiger partial charge in [0.1, 0.15) is 0 Å². The second kappa shape index (κ2) is 3.40. The largest absolute Gasteiger partial charge is 0.0648 e. The van der Waals surface area contributed by atoms with Crippen molar-refractivity contribution in [2.24, 2.45) is 17.8 Å². The topological polar surface area (TPSA) is 0 Å². The average molecular weight is 165 g/mol. The van der Waals surface area contributed by atoms with Crippen molar-refractivity contribution in [2.45, 2.75) is 52.4 Å². The first-order chi connectivity index (χ1) is 5.85. The van der Waals surface area contributed by atoms with Crippen molar-refractivity contribution in [2.75, 3.05) is 0 Å². The molecule has 0 N–H and O–H groups in total.